The molecule has 2 fully saturated rings. The van der Waals surface area contributed by atoms with Gasteiger partial charge in [-0.1, -0.05) is 0 Å². The number of alkyl halides is 3. The molecule has 5 nitrogen and oxygen atoms in total. The van der Waals surface area contributed by atoms with E-state index in [2.05, 4.69) is 9.64 Å². The van der Waals surface area contributed by atoms with Gasteiger partial charge in [-0.05, 0) is 18.8 Å². The summed E-state index contributed by atoms with van der Waals surface area (Å²) in [5.74, 6) is 0.287. The van der Waals surface area contributed by atoms with Crippen LogP contribution in [0.25, 0.3) is 0 Å². The number of carbonyl (C=O) groups is 1. The van der Waals surface area contributed by atoms with Crippen LogP contribution in [0, 0.1) is 5.92 Å². The van der Waals surface area contributed by atoms with Gasteiger partial charge in [0.05, 0.1) is 13.2 Å². The topological polar surface area (TPSA) is 42.0 Å². The number of hydrogen-bond donors (Lipinski definition) is 0. The van der Waals surface area contributed by atoms with Crippen LogP contribution in [-0.2, 0) is 9.47 Å². The van der Waals surface area contributed by atoms with Crippen molar-refractivity contribution in [2.24, 2.45) is 5.92 Å². The van der Waals surface area contributed by atoms with Gasteiger partial charge < -0.3 is 14.4 Å². The second kappa shape index (κ2) is 7.31. The number of likely N-dealkylation sites (tertiary alicyclic amines) is 1. The fourth-order valence-corrected chi connectivity index (χ4v) is 2.76. The summed E-state index contributed by atoms with van der Waals surface area (Å²) >= 11 is 0. The van der Waals surface area contributed by atoms with Crippen LogP contribution >= 0.6 is 0 Å². The van der Waals surface area contributed by atoms with Crippen LogP contribution in [0.15, 0.2) is 0 Å². The molecule has 1 unspecified atom stereocenters. The molecule has 0 bridgehead atoms. The summed E-state index contributed by atoms with van der Waals surface area (Å²) < 4.78 is 45.8. The van der Waals surface area contributed by atoms with Crippen molar-refractivity contribution >= 4 is 6.09 Å². The van der Waals surface area contributed by atoms with Crippen molar-refractivity contribution in [2.45, 2.75) is 19.0 Å². The zero-order valence-electron chi connectivity index (χ0n) is 11.9. The van der Waals surface area contributed by atoms with Crippen molar-refractivity contribution in [3.63, 3.8) is 0 Å². The Hall–Kier alpha value is -1.02. The van der Waals surface area contributed by atoms with Crippen molar-refractivity contribution in [1.82, 2.24) is 9.80 Å². The van der Waals surface area contributed by atoms with E-state index in [1.54, 1.807) is 0 Å². The van der Waals surface area contributed by atoms with E-state index in [0.717, 1.165) is 32.5 Å². The van der Waals surface area contributed by atoms with Gasteiger partial charge in [0, 0.05) is 32.7 Å². The van der Waals surface area contributed by atoms with E-state index in [4.69, 9.17) is 4.74 Å². The zero-order chi connectivity index (χ0) is 15.3. The smallest absolute Gasteiger partial charge is 0.422 e. The second-order valence-electron chi connectivity index (χ2n) is 5.54. The molecule has 2 aliphatic rings. The SMILES string of the molecule is O=C(OCC(F)(F)F)N1CCCC(CN2CCOCC2)C1. The van der Waals surface area contributed by atoms with Gasteiger partial charge in [-0.25, -0.2) is 4.79 Å². The van der Waals surface area contributed by atoms with Crippen LogP contribution in [0.5, 0.6) is 0 Å². The summed E-state index contributed by atoms with van der Waals surface area (Å²) in [5, 5.41) is 0. The van der Waals surface area contributed by atoms with Crippen molar-refractivity contribution in [2.75, 3.05) is 52.5 Å². The predicted octanol–water partition coefficient (Wildman–Crippen LogP) is 1.73. The maximum Gasteiger partial charge on any atom is 0.422 e. The number of morpholine rings is 1. The number of halogens is 3. The first-order valence-electron chi connectivity index (χ1n) is 7.22. The minimum absolute atomic E-state index is 0.287. The molecule has 0 N–H and O–H groups in total. The number of piperidine rings is 1. The summed E-state index contributed by atoms with van der Waals surface area (Å²) in [4.78, 5) is 15.3. The molecular weight excluding hydrogens is 289 g/mol. The van der Waals surface area contributed by atoms with Crippen LogP contribution in [0.2, 0.25) is 0 Å². The molecule has 2 rings (SSSR count). The number of carbonyl (C=O) groups excluding carboxylic acids is 1. The fraction of sp³-hybridized carbons (Fsp3) is 0.923. The third-order valence-electron chi connectivity index (χ3n) is 3.76. The largest absolute Gasteiger partial charge is 0.440 e. The van der Waals surface area contributed by atoms with Crippen molar-refractivity contribution in [3.05, 3.63) is 0 Å². The van der Waals surface area contributed by atoms with E-state index < -0.39 is 18.9 Å². The number of hydrogen-bond acceptors (Lipinski definition) is 4. The molecule has 0 aromatic heterocycles. The lowest BCUT2D eigenvalue weighted by atomic mass is 9.97. The molecule has 0 aliphatic carbocycles. The Balaban J connectivity index is 1.75. The first-order valence-corrected chi connectivity index (χ1v) is 7.22. The Bertz CT molecular complexity index is 346. The molecule has 1 amide bonds. The van der Waals surface area contributed by atoms with Gasteiger partial charge in [-0.3, -0.25) is 4.90 Å². The van der Waals surface area contributed by atoms with Gasteiger partial charge >= 0.3 is 12.3 Å². The molecule has 2 aliphatic heterocycles. The van der Waals surface area contributed by atoms with Gasteiger partial charge in [-0.15, -0.1) is 0 Å². The van der Waals surface area contributed by atoms with Gasteiger partial charge in [0.1, 0.15) is 0 Å². The molecule has 122 valence electrons. The lowest BCUT2D eigenvalue weighted by Crippen LogP contribution is -2.46. The molecule has 1 atom stereocenters. The van der Waals surface area contributed by atoms with Crippen LogP contribution in [0.4, 0.5) is 18.0 Å². The average molecular weight is 310 g/mol. The highest BCUT2D eigenvalue weighted by molar-refractivity contribution is 5.67. The second-order valence-corrected chi connectivity index (χ2v) is 5.54. The molecule has 0 aromatic rings. The predicted molar refractivity (Wildman–Crippen MR) is 69.0 cm³/mol. The van der Waals surface area contributed by atoms with Crippen LogP contribution in [0.1, 0.15) is 12.8 Å². The lowest BCUT2D eigenvalue weighted by molar-refractivity contribution is -0.162. The summed E-state index contributed by atoms with van der Waals surface area (Å²) in [5.41, 5.74) is 0. The van der Waals surface area contributed by atoms with Crippen LogP contribution < -0.4 is 0 Å². The third-order valence-corrected chi connectivity index (χ3v) is 3.76. The molecule has 21 heavy (non-hydrogen) atoms. The summed E-state index contributed by atoms with van der Waals surface area (Å²) in [6.07, 6.45) is -3.55. The van der Waals surface area contributed by atoms with Gasteiger partial charge in [0.15, 0.2) is 6.61 Å². The van der Waals surface area contributed by atoms with Crippen molar-refractivity contribution in [1.29, 1.82) is 0 Å². The highest BCUT2D eigenvalue weighted by Crippen LogP contribution is 2.20. The summed E-state index contributed by atoms with van der Waals surface area (Å²) in [6, 6.07) is 0. The highest BCUT2D eigenvalue weighted by atomic mass is 19.4. The van der Waals surface area contributed by atoms with Gasteiger partial charge in [-0.2, -0.15) is 13.2 Å². The Morgan fingerprint density at radius 1 is 1.24 bits per heavy atom. The summed E-state index contributed by atoms with van der Waals surface area (Å²) in [6.45, 7) is 3.44. The maximum atomic E-state index is 12.1. The number of nitrogens with zero attached hydrogens (tertiary/aromatic N) is 2. The number of ether oxygens (including phenoxy) is 2. The third kappa shape index (κ3) is 5.70. The molecule has 0 spiro atoms. The van der Waals surface area contributed by atoms with Crippen LogP contribution in [-0.4, -0.2) is 74.6 Å². The minimum Gasteiger partial charge on any atom is -0.440 e. The monoisotopic (exact) mass is 310 g/mol. The number of rotatable bonds is 3. The van der Waals surface area contributed by atoms with E-state index in [-0.39, 0.29) is 5.92 Å². The van der Waals surface area contributed by atoms with Gasteiger partial charge in [0.25, 0.3) is 0 Å². The van der Waals surface area contributed by atoms with Crippen molar-refractivity contribution in [3.8, 4) is 0 Å². The highest BCUT2D eigenvalue weighted by Gasteiger charge is 2.32. The zero-order valence-corrected chi connectivity index (χ0v) is 11.9. The average Bonchev–Trinajstić information content (AvgIpc) is 2.45. The van der Waals surface area contributed by atoms with E-state index in [1.165, 1.54) is 4.90 Å². The fourth-order valence-electron chi connectivity index (χ4n) is 2.76. The first kappa shape index (κ1) is 16.4. The maximum absolute atomic E-state index is 12.1. The molecular formula is C13H21F3N2O3. The lowest BCUT2D eigenvalue weighted by Gasteiger charge is -2.36. The molecule has 0 aromatic carbocycles. The minimum atomic E-state index is -4.47. The number of amides is 1. The molecule has 2 heterocycles. The Morgan fingerprint density at radius 3 is 2.62 bits per heavy atom. The van der Waals surface area contributed by atoms with Crippen LogP contribution in [0.3, 0.4) is 0 Å². The Labute approximate surface area is 122 Å². The molecule has 8 heteroatoms. The Kier molecular flexibility index (Phi) is 5.69. The van der Waals surface area contributed by atoms with Gasteiger partial charge in [0.2, 0.25) is 0 Å². The molecule has 2 saturated heterocycles. The van der Waals surface area contributed by atoms with E-state index in [1.807, 2.05) is 0 Å². The molecule has 0 radical (unpaired) electrons. The first-order chi connectivity index (χ1) is 9.94. The van der Waals surface area contributed by atoms with Crippen molar-refractivity contribution < 1.29 is 27.4 Å². The van der Waals surface area contributed by atoms with E-state index in [9.17, 15) is 18.0 Å². The Morgan fingerprint density at radius 2 is 1.95 bits per heavy atom. The summed E-state index contributed by atoms with van der Waals surface area (Å²) in [7, 11) is 0. The van der Waals surface area contributed by atoms with E-state index >= 15 is 0 Å². The van der Waals surface area contributed by atoms with E-state index in [0.29, 0.717) is 26.3 Å². The molecule has 0 saturated carbocycles. The standard InChI is InChI=1S/C13H21F3N2O3/c14-13(15,16)10-21-12(19)18-3-1-2-11(9-18)8-17-4-6-20-7-5-17/h11H,1-10H2. The normalized spacial score (nSPS) is 24.9. The quantitative estimate of drug-likeness (QED) is 0.796.